The van der Waals surface area contributed by atoms with Gasteiger partial charge in [-0.1, -0.05) is 36.4 Å². The van der Waals surface area contributed by atoms with Gasteiger partial charge >= 0.3 is 5.97 Å². The predicted molar refractivity (Wildman–Crippen MR) is 99.9 cm³/mol. The molecule has 0 amide bonds. The summed E-state index contributed by atoms with van der Waals surface area (Å²) in [6.07, 6.45) is 2.71. The molecular weight excluding hydrogens is 346 g/mol. The number of hydrogen-bond donors (Lipinski definition) is 1. The van der Waals surface area contributed by atoms with Crippen molar-refractivity contribution in [1.82, 2.24) is 4.98 Å². The Morgan fingerprint density at radius 3 is 2.44 bits per heavy atom. The molecule has 0 fully saturated rings. The lowest BCUT2D eigenvalue weighted by molar-refractivity contribution is -0.130. The number of hydrogen-bond acceptors (Lipinski definition) is 5. The van der Waals surface area contributed by atoms with E-state index in [4.69, 9.17) is 14.2 Å². The molecule has 1 aromatic heterocycles. The highest BCUT2D eigenvalue weighted by Gasteiger charge is 2.17. The Kier molecular flexibility index (Phi) is 5.69. The molecule has 0 atom stereocenters. The normalized spacial score (nSPS) is 10.9. The van der Waals surface area contributed by atoms with E-state index < -0.39 is 5.97 Å². The number of carboxylic acids is 1. The van der Waals surface area contributed by atoms with Gasteiger partial charge in [-0.25, -0.2) is 9.78 Å². The number of nitrogens with zero attached hydrogens (tertiary/aromatic N) is 1. The summed E-state index contributed by atoms with van der Waals surface area (Å²) < 4.78 is 16.5. The summed E-state index contributed by atoms with van der Waals surface area (Å²) in [6.45, 7) is 0. The van der Waals surface area contributed by atoms with Crippen LogP contribution in [0.3, 0.4) is 0 Å². The molecule has 0 saturated heterocycles. The SMILES string of the molecule is CO/C=C(/C(=O)O)c1ccccc1Oc1cc(Oc2ccccc2)ccn1. The van der Waals surface area contributed by atoms with Crippen LogP contribution in [-0.4, -0.2) is 23.2 Å². The van der Waals surface area contributed by atoms with Crippen LogP contribution in [-0.2, 0) is 9.53 Å². The van der Waals surface area contributed by atoms with Crippen molar-refractivity contribution in [3.05, 3.63) is 84.8 Å². The van der Waals surface area contributed by atoms with Crippen molar-refractivity contribution >= 4 is 11.5 Å². The van der Waals surface area contributed by atoms with Crippen molar-refractivity contribution in [3.8, 4) is 23.1 Å². The fraction of sp³-hybridized carbons (Fsp3) is 0.0476. The Bertz CT molecular complexity index is 954. The second kappa shape index (κ2) is 8.53. The van der Waals surface area contributed by atoms with Crippen LogP contribution in [0.25, 0.3) is 5.57 Å². The number of rotatable bonds is 7. The van der Waals surface area contributed by atoms with E-state index >= 15 is 0 Å². The monoisotopic (exact) mass is 363 g/mol. The lowest BCUT2D eigenvalue weighted by Gasteiger charge is -2.12. The number of pyridine rings is 1. The van der Waals surface area contributed by atoms with Crippen LogP contribution < -0.4 is 9.47 Å². The Morgan fingerprint density at radius 1 is 0.963 bits per heavy atom. The number of carboxylic acid groups (broad SMARTS) is 1. The van der Waals surface area contributed by atoms with Crippen molar-refractivity contribution in [3.63, 3.8) is 0 Å². The van der Waals surface area contributed by atoms with E-state index in [0.717, 1.165) is 6.26 Å². The summed E-state index contributed by atoms with van der Waals surface area (Å²) in [7, 11) is 1.39. The largest absolute Gasteiger partial charge is 0.503 e. The van der Waals surface area contributed by atoms with Crippen LogP contribution in [0.5, 0.6) is 23.1 Å². The highest BCUT2D eigenvalue weighted by atomic mass is 16.5. The smallest absolute Gasteiger partial charge is 0.339 e. The maximum atomic E-state index is 11.5. The average molecular weight is 363 g/mol. The minimum Gasteiger partial charge on any atom is -0.503 e. The molecule has 27 heavy (non-hydrogen) atoms. The second-order valence-corrected chi connectivity index (χ2v) is 5.42. The molecule has 0 radical (unpaired) electrons. The first-order chi connectivity index (χ1) is 13.2. The zero-order chi connectivity index (χ0) is 19.1. The minimum absolute atomic E-state index is 0.0233. The Morgan fingerprint density at radius 2 is 1.70 bits per heavy atom. The maximum absolute atomic E-state index is 11.5. The fourth-order valence-corrected chi connectivity index (χ4v) is 2.37. The number of aromatic nitrogens is 1. The van der Waals surface area contributed by atoms with E-state index in [9.17, 15) is 9.90 Å². The van der Waals surface area contributed by atoms with Crippen molar-refractivity contribution < 1.29 is 24.1 Å². The number of aliphatic carboxylic acids is 1. The third-order valence-electron chi connectivity index (χ3n) is 3.54. The topological polar surface area (TPSA) is 77.9 Å². The third kappa shape index (κ3) is 4.64. The van der Waals surface area contributed by atoms with E-state index in [1.165, 1.54) is 7.11 Å². The van der Waals surface area contributed by atoms with E-state index in [1.807, 2.05) is 30.3 Å². The molecule has 1 heterocycles. The molecule has 3 rings (SSSR count). The van der Waals surface area contributed by atoms with E-state index in [-0.39, 0.29) is 11.5 Å². The van der Waals surface area contributed by atoms with E-state index in [0.29, 0.717) is 22.8 Å². The van der Waals surface area contributed by atoms with Gasteiger partial charge in [0.1, 0.15) is 22.8 Å². The molecule has 0 aliphatic heterocycles. The molecule has 0 unspecified atom stereocenters. The first kappa shape index (κ1) is 18.0. The van der Waals surface area contributed by atoms with E-state index in [1.54, 1.807) is 42.6 Å². The molecule has 0 saturated carbocycles. The average Bonchev–Trinajstić information content (AvgIpc) is 2.68. The van der Waals surface area contributed by atoms with Gasteiger partial charge in [-0.2, -0.15) is 0 Å². The molecule has 2 aromatic carbocycles. The van der Waals surface area contributed by atoms with Crippen molar-refractivity contribution in [2.24, 2.45) is 0 Å². The van der Waals surface area contributed by atoms with Gasteiger partial charge < -0.3 is 19.3 Å². The molecular formula is C21H17NO5. The number of ether oxygens (including phenoxy) is 3. The Balaban J connectivity index is 1.87. The Labute approximate surface area is 156 Å². The molecule has 1 N–H and O–H groups in total. The van der Waals surface area contributed by atoms with Crippen molar-refractivity contribution in [2.75, 3.05) is 7.11 Å². The fourth-order valence-electron chi connectivity index (χ4n) is 2.37. The molecule has 6 nitrogen and oxygen atoms in total. The second-order valence-electron chi connectivity index (χ2n) is 5.42. The number of benzene rings is 2. The summed E-state index contributed by atoms with van der Waals surface area (Å²) in [5, 5.41) is 9.42. The first-order valence-corrected chi connectivity index (χ1v) is 8.10. The lowest BCUT2D eigenvalue weighted by Crippen LogP contribution is -2.02. The van der Waals surface area contributed by atoms with Crippen LogP contribution in [0.1, 0.15) is 5.56 Å². The summed E-state index contributed by atoms with van der Waals surface area (Å²) in [5.74, 6) is 0.730. The van der Waals surface area contributed by atoms with Gasteiger partial charge in [0.25, 0.3) is 0 Å². The van der Waals surface area contributed by atoms with E-state index in [2.05, 4.69) is 4.98 Å². The summed E-state index contributed by atoms with van der Waals surface area (Å²) in [6, 6.07) is 19.4. The van der Waals surface area contributed by atoms with Gasteiger partial charge in [0.2, 0.25) is 5.88 Å². The van der Waals surface area contributed by atoms with Gasteiger partial charge in [0.15, 0.2) is 0 Å². The molecule has 136 valence electrons. The molecule has 3 aromatic rings. The molecule has 6 heteroatoms. The molecule has 0 bridgehead atoms. The first-order valence-electron chi connectivity index (χ1n) is 8.10. The molecule has 0 aliphatic rings. The predicted octanol–water partition coefficient (Wildman–Crippen LogP) is 4.74. The number of para-hydroxylation sites is 2. The van der Waals surface area contributed by atoms with Gasteiger partial charge in [0, 0.05) is 17.8 Å². The summed E-state index contributed by atoms with van der Waals surface area (Å²) in [4.78, 5) is 15.7. The highest BCUT2D eigenvalue weighted by Crippen LogP contribution is 2.31. The van der Waals surface area contributed by atoms with Crippen molar-refractivity contribution in [2.45, 2.75) is 0 Å². The Hall–Kier alpha value is -3.80. The lowest BCUT2D eigenvalue weighted by atomic mass is 10.1. The van der Waals surface area contributed by atoms with Crippen LogP contribution in [0.4, 0.5) is 0 Å². The highest BCUT2D eigenvalue weighted by molar-refractivity contribution is 6.15. The van der Waals surface area contributed by atoms with Gasteiger partial charge in [-0.05, 0) is 24.3 Å². The van der Waals surface area contributed by atoms with Gasteiger partial charge in [0.05, 0.1) is 13.4 Å². The third-order valence-corrected chi connectivity index (χ3v) is 3.54. The minimum atomic E-state index is -1.12. The number of methoxy groups -OCH3 is 1. The quantitative estimate of drug-likeness (QED) is 0.483. The van der Waals surface area contributed by atoms with Crippen LogP contribution in [0.2, 0.25) is 0 Å². The van der Waals surface area contributed by atoms with Crippen molar-refractivity contribution in [1.29, 1.82) is 0 Å². The standard InChI is InChI=1S/C21H17NO5/c1-25-14-18(21(23)24)17-9-5-6-10-19(17)27-20-13-16(11-12-22-20)26-15-7-3-2-4-8-15/h2-14H,1H3,(H,23,24)/b18-14+. The zero-order valence-corrected chi connectivity index (χ0v) is 14.5. The summed E-state index contributed by atoms with van der Waals surface area (Å²) in [5.41, 5.74) is 0.354. The van der Waals surface area contributed by atoms with Gasteiger partial charge in [-0.15, -0.1) is 0 Å². The van der Waals surface area contributed by atoms with Gasteiger partial charge in [-0.3, -0.25) is 0 Å². The van der Waals surface area contributed by atoms with Crippen LogP contribution in [0, 0.1) is 0 Å². The maximum Gasteiger partial charge on any atom is 0.339 e. The van der Waals surface area contributed by atoms with Crippen LogP contribution in [0.15, 0.2) is 79.2 Å². The summed E-state index contributed by atoms with van der Waals surface area (Å²) >= 11 is 0. The molecule has 0 spiro atoms. The molecule has 0 aliphatic carbocycles. The number of carbonyl (C=O) groups is 1. The van der Waals surface area contributed by atoms with Crippen LogP contribution >= 0.6 is 0 Å². The zero-order valence-electron chi connectivity index (χ0n) is 14.5.